The van der Waals surface area contributed by atoms with Crippen molar-refractivity contribution in [2.45, 2.75) is 19.1 Å². The number of aromatic nitrogens is 2. The van der Waals surface area contributed by atoms with Gasteiger partial charge in [0.25, 0.3) is 0 Å². The number of aryl methyl sites for hydroxylation is 1. The molecule has 2 rings (SSSR count). The zero-order valence-electron chi connectivity index (χ0n) is 10.7. The molecule has 1 aliphatic rings. The minimum atomic E-state index is 0.112. The minimum absolute atomic E-state index is 0.112. The van der Waals surface area contributed by atoms with Gasteiger partial charge in [-0.25, -0.2) is 4.98 Å². The maximum atomic E-state index is 12.1. The van der Waals surface area contributed by atoms with Crippen molar-refractivity contribution in [3.8, 4) is 0 Å². The zero-order valence-corrected chi connectivity index (χ0v) is 10.7. The average Bonchev–Trinajstić information content (AvgIpc) is 2.90. The number of morpholine rings is 1. The van der Waals surface area contributed by atoms with Gasteiger partial charge >= 0.3 is 0 Å². The first-order valence-corrected chi connectivity index (χ1v) is 6.29. The Labute approximate surface area is 107 Å². The summed E-state index contributed by atoms with van der Waals surface area (Å²) in [6.07, 6.45) is 5.96. The van der Waals surface area contributed by atoms with Gasteiger partial charge in [-0.3, -0.25) is 4.79 Å². The zero-order chi connectivity index (χ0) is 12.8. The molecule has 1 aromatic rings. The topological polar surface area (TPSA) is 59.4 Å². The van der Waals surface area contributed by atoms with E-state index in [1.165, 1.54) is 0 Å². The van der Waals surface area contributed by atoms with Crippen LogP contribution in [0, 0.1) is 0 Å². The summed E-state index contributed by atoms with van der Waals surface area (Å²) in [5.41, 5.74) is 0. The van der Waals surface area contributed by atoms with Crippen molar-refractivity contribution in [2.75, 3.05) is 33.3 Å². The highest BCUT2D eigenvalue weighted by molar-refractivity contribution is 5.76. The van der Waals surface area contributed by atoms with E-state index in [9.17, 15) is 4.79 Å². The molecular formula is C12H20N4O2. The van der Waals surface area contributed by atoms with Gasteiger partial charge in [-0.2, -0.15) is 0 Å². The Morgan fingerprint density at radius 3 is 3.22 bits per heavy atom. The van der Waals surface area contributed by atoms with Crippen LogP contribution in [0.3, 0.4) is 0 Å². The Morgan fingerprint density at radius 1 is 1.61 bits per heavy atom. The van der Waals surface area contributed by atoms with E-state index in [2.05, 4.69) is 10.3 Å². The fraction of sp³-hybridized carbons (Fsp3) is 0.667. The summed E-state index contributed by atoms with van der Waals surface area (Å²) < 4.78 is 7.50. The molecule has 1 aliphatic heterocycles. The highest BCUT2D eigenvalue weighted by Gasteiger charge is 2.23. The number of amides is 1. The van der Waals surface area contributed by atoms with Crippen molar-refractivity contribution in [3.05, 3.63) is 18.7 Å². The van der Waals surface area contributed by atoms with Crippen molar-refractivity contribution in [3.63, 3.8) is 0 Å². The molecule has 2 heterocycles. The minimum Gasteiger partial charge on any atom is -0.373 e. The second-order valence-corrected chi connectivity index (χ2v) is 4.44. The predicted molar refractivity (Wildman–Crippen MR) is 67.1 cm³/mol. The van der Waals surface area contributed by atoms with Gasteiger partial charge in [-0.15, -0.1) is 0 Å². The lowest BCUT2D eigenvalue weighted by molar-refractivity contribution is -0.138. The highest BCUT2D eigenvalue weighted by atomic mass is 16.5. The van der Waals surface area contributed by atoms with Crippen LogP contribution < -0.4 is 5.32 Å². The molecule has 1 aromatic heterocycles. The molecule has 1 N–H and O–H groups in total. The first kappa shape index (κ1) is 13.0. The Kier molecular flexibility index (Phi) is 4.72. The number of rotatable bonds is 5. The van der Waals surface area contributed by atoms with Crippen LogP contribution in [-0.4, -0.2) is 59.8 Å². The molecule has 6 nitrogen and oxygen atoms in total. The lowest BCUT2D eigenvalue weighted by Gasteiger charge is -2.33. The van der Waals surface area contributed by atoms with E-state index in [1.54, 1.807) is 12.5 Å². The van der Waals surface area contributed by atoms with Crippen LogP contribution >= 0.6 is 0 Å². The Bertz CT molecular complexity index is 364. The molecule has 0 aliphatic carbocycles. The van der Waals surface area contributed by atoms with E-state index in [1.807, 2.05) is 22.7 Å². The highest BCUT2D eigenvalue weighted by Crippen LogP contribution is 2.07. The average molecular weight is 252 g/mol. The number of nitrogens with one attached hydrogen (secondary N) is 1. The fourth-order valence-electron chi connectivity index (χ4n) is 2.10. The molecule has 18 heavy (non-hydrogen) atoms. The number of imidazole rings is 1. The van der Waals surface area contributed by atoms with Gasteiger partial charge in [-0.05, 0) is 7.05 Å². The van der Waals surface area contributed by atoms with E-state index in [-0.39, 0.29) is 12.0 Å². The largest absolute Gasteiger partial charge is 0.373 e. The van der Waals surface area contributed by atoms with Crippen LogP contribution in [0.15, 0.2) is 18.7 Å². The number of carbonyl (C=O) groups is 1. The van der Waals surface area contributed by atoms with E-state index in [0.717, 1.165) is 6.54 Å². The molecule has 1 atom stereocenters. The molecular weight excluding hydrogens is 232 g/mol. The normalized spacial score (nSPS) is 20.1. The fourth-order valence-corrected chi connectivity index (χ4v) is 2.10. The van der Waals surface area contributed by atoms with Crippen molar-refractivity contribution in [1.29, 1.82) is 0 Å². The van der Waals surface area contributed by atoms with Crippen molar-refractivity contribution in [2.24, 2.45) is 0 Å². The lowest BCUT2D eigenvalue weighted by atomic mass is 10.2. The third kappa shape index (κ3) is 3.54. The maximum absolute atomic E-state index is 12.1. The summed E-state index contributed by atoms with van der Waals surface area (Å²) >= 11 is 0. The number of nitrogens with zero attached hydrogens (tertiary/aromatic N) is 3. The molecule has 1 fully saturated rings. The van der Waals surface area contributed by atoms with Crippen molar-refractivity contribution >= 4 is 5.91 Å². The molecule has 1 unspecified atom stereocenters. The molecule has 1 saturated heterocycles. The number of carbonyl (C=O) groups excluding carboxylic acids is 1. The van der Waals surface area contributed by atoms with Crippen LogP contribution in [0.25, 0.3) is 0 Å². The number of likely N-dealkylation sites (N-methyl/N-ethyl adjacent to an activating group) is 1. The summed E-state index contributed by atoms with van der Waals surface area (Å²) in [5.74, 6) is 0.188. The van der Waals surface area contributed by atoms with Crippen LogP contribution in [-0.2, 0) is 16.1 Å². The monoisotopic (exact) mass is 252 g/mol. The van der Waals surface area contributed by atoms with Crippen LogP contribution in [0.2, 0.25) is 0 Å². The molecule has 0 saturated carbocycles. The predicted octanol–water partition coefficient (Wildman–Crippen LogP) is -0.280. The summed E-state index contributed by atoms with van der Waals surface area (Å²) in [6, 6.07) is 0. The van der Waals surface area contributed by atoms with Crippen molar-refractivity contribution < 1.29 is 9.53 Å². The van der Waals surface area contributed by atoms with Crippen LogP contribution in [0.4, 0.5) is 0 Å². The molecule has 0 aromatic carbocycles. The van der Waals surface area contributed by atoms with E-state index in [4.69, 9.17) is 4.74 Å². The van der Waals surface area contributed by atoms with Gasteiger partial charge in [0.2, 0.25) is 5.91 Å². The number of ether oxygens (including phenoxy) is 1. The van der Waals surface area contributed by atoms with Gasteiger partial charge in [0.1, 0.15) is 0 Å². The molecule has 100 valence electrons. The van der Waals surface area contributed by atoms with E-state index < -0.39 is 0 Å². The Balaban J connectivity index is 1.77. The second kappa shape index (κ2) is 6.51. The number of hydrogen-bond donors (Lipinski definition) is 1. The third-order valence-electron chi connectivity index (χ3n) is 3.07. The Morgan fingerprint density at radius 2 is 2.50 bits per heavy atom. The standard InChI is InChI=1S/C12H20N4O2/c1-13-8-11-9-16(6-7-18-11)12(17)2-4-15-5-3-14-10-15/h3,5,10-11,13H,2,4,6-9H2,1H3. The molecule has 1 amide bonds. The van der Waals surface area contributed by atoms with Gasteiger partial charge in [0.05, 0.1) is 19.0 Å². The van der Waals surface area contributed by atoms with Crippen molar-refractivity contribution in [1.82, 2.24) is 19.8 Å². The summed E-state index contributed by atoms with van der Waals surface area (Å²) in [4.78, 5) is 17.9. The number of hydrogen-bond acceptors (Lipinski definition) is 4. The quantitative estimate of drug-likeness (QED) is 0.783. The lowest BCUT2D eigenvalue weighted by Crippen LogP contribution is -2.48. The third-order valence-corrected chi connectivity index (χ3v) is 3.07. The van der Waals surface area contributed by atoms with Gasteiger partial charge in [0, 0.05) is 45.0 Å². The first-order valence-electron chi connectivity index (χ1n) is 6.29. The molecule has 6 heteroatoms. The van der Waals surface area contributed by atoms with Crippen LogP contribution in [0.5, 0.6) is 0 Å². The summed E-state index contributed by atoms with van der Waals surface area (Å²) in [5, 5.41) is 3.08. The van der Waals surface area contributed by atoms with Gasteiger partial charge in [0.15, 0.2) is 0 Å². The molecule has 0 radical (unpaired) electrons. The Hall–Kier alpha value is -1.40. The van der Waals surface area contributed by atoms with Gasteiger partial charge < -0.3 is 19.5 Å². The maximum Gasteiger partial charge on any atom is 0.224 e. The smallest absolute Gasteiger partial charge is 0.224 e. The van der Waals surface area contributed by atoms with E-state index in [0.29, 0.717) is 32.7 Å². The second-order valence-electron chi connectivity index (χ2n) is 4.44. The SMILES string of the molecule is CNCC1CN(C(=O)CCn2ccnc2)CCO1. The van der Waals surface area contributed by atoms with E-state index >= 15 is 0 Å². The first-order chi connectivity index (χ1) is 8.79. The van der Waals surface area contributed by atoms with Gasteiger partial charge in [-0.1, -0.05) is 0 Å². The summed E-state index contributed by atoms with van der Waals surface area (Å²) in [7, 11) is 1.89. The summed E-state index contributed by atoms with van der Waals surface area (Å²) in [6.45, 7) is 3.48. The molecule has 0 spiro atoms. The van der Waals surface area contributed by atoms with Crippen LogP contribution in [0.1, 0.15) is 6.42 Å². The molecule has 0 bridgehead atoms.